The Morgan fingerprint density at radius 3 is 2.21 bits per heavy atom. The van der Waals surface area contributed by atoms with Gasteiger partial charge >= 0.3 is 0 Å². The molecule has 3 rings (SSSR count). The summed E-state index contributed by atoms with van der Waals surface area (Å²) < 4.78 is 51.5. The van der Waals surface area contributed by atoms with Crippen LogP contribution >= 0.6 is 11.6 Å². The Hall–Kier alpha value is -2.88. The van der Waals surface area contributed by atoms with Crippen molar-refractivity contribution < 1.29 is 21.6 Å². The molecule has 1 atom stereocenters. The zero-order chi connectivity index (χ0) is 24.4. The molecule has 0 radical (unpaired) electrons. The first kappa shape index (κ1) is 24.8. The molecule has 0 saturated carbocycles. The van der Waals surface area contributed by atoms with Crippen LogP contribution in [0.2, 0.25) is 5.02 Å². The lowest BCUT2D eigenvalue weighted by Gasteiger charge is -2.16. The number of hydrogen-bond acceptors (Lipinski definition) is 5. The van der Waals surface area contributed by atoms with Crippen LogP contribution in [0.15, 0.2) is 76.5 Å². The molecule has 0 aliphatic heterocycles. The Morgan fingerprint density at radius 1 is 0.939 bits per heavy atom. The van der Waals surface area contributed by atoms with Crippen molar-refractivity contribution in [2.75, 3.05) is 11.0 Å². The van der Waals surface area contributed by atoms with E-state index in [1.165, 1.54) is 30.3 Å². The predicted octanol–water partition coefficient (Wildman–Crippen LogP) is 4.34. The van der Waals surface area contributed by atoms with Crippen molar-refractivity contribution in [2.24, 2.45) is 0 Å². The number of hydrogen-bond donors (Lipinski definition) is 2. The van der Waals surface area contributed by atoms with E-state index in [-0.39, 0.29) is 20.4 Å². The van der Waals surface area contributed by atoms with E-state index in [0.29, 0.717) is 11.3 Å². The Labute approximate surface area is 198 Å². The number of sulfonamides is 1. The van der Waals surface area contributed by atoms with Gasteiger partial charge in [-0.2, -0.15) is 0 Å². The van der Waals surface area contributed by atoms with Crippen molar-refractivity contribution in [2.45, 2.75) is 29.7 Å². The molecule has 10 heteroatoms. The van der Waals surface area contributed by atoms with Crippen LogP contribution in [0, 0.1) is 6.92 Å². The topological polar surface area (TPSA) is 109 Å². The fraction of sp³-hybridized carbons (Fsp3) is 0.174. The molecule has 7 nitrogen and oxygen atoms in total. The number of aryl methyl sites for hydroxylation is 1. The standard InChI is InChI=1S/C23H23ClN2O5S2/c1-15-5-4-6-19(13-15)26-33(30,31)22-14-18(9-12-21(22)24)23(27)25-16(2)17-7-10-20(11-8-17)32(3,28)29/h4-14,16,26H,1-3H3,(H,25,27)/t16-/m1/s1. The highest BCUT2D eigenvalue weighted by Crippen LogP contribution is 2.26. The van der Waals surface area contributed by atoms with Gasteiger partial charge in [0.2, 0.25) is 0 Å². The van der Waals surface area contributed by atoms with E-state index in [1.807, 2.05) is 13.0 Å². The van der Waals surface area contributed by atoms with Gasteiger partial charge in [-0.05, 0) is 67.4 Å². The monoisotopic (exact) mass is 506 g/mol. The summed E-state index contributed by atoms with van der Waals surface area (Å²) >= 11 is 6.14. The van der Waals surface area contributed by atoms with Gasteiger partial charge in [-0.15, -0.1) is 0 Å². The second-order valence-electron chi connectivity index (χ2n) is 7.66. The van der Waals surface area contributed by atoms with Crippen LogP contribution < -0.4 is 10.0 Å². The second-order valence-corrected chi connectivity index (χ2v) is 11.7. The number of carbonyl (C=O) groups is 1. The molecule has 3 aromatic rings. The van der Waals surface area contributed by atoms with E-state index in [9.17, 15) is 21.6 Å². The van der Waals surface area contributed by atoms with Gasteiger partial charge in [0, 0.05) is 17.5 Å². The maximum Gasteiger partial charge on any atom is 0.263 e. The second kappa shape index (κ2) is 9.54. The van der Waals surface area contributed by atoms with Gasteiger partial charge in [0.05, 0.1) is 16.0 Å². The number of nitrogens with one attached hydrogen (secondary N) is 2. The van der Waals surface area contributed by atoms with E-state index in [4.69, 9.17) is 11.6 Å². The van der Waals surface area contributed by atoms with Crippen molar-refractivity contribution in [1.82, 2.24) is 5.32 Å². The lowest BCUT2D eigenvalue weighted by atomic mass is 10.1. The van der Waals surface area contributed by atoms with Crippen LogP contribution in [0.25, 0.3) is 0 Å². The average molecular weight is 507 g/mol. The Morgan fingerprint density at radius 2 is 1.61 bits per heavy atom. The molecule has 0 unspecified atom stereocenters. The largest absolute Gasteiger partial charge is 0.346 e. The fourth-order valence-corrected chi connectivity index (χ4v) is 5.34. The number of anilines is 1. The molecule has 0 aromatic heterocycles. The summed E-state index contributed by atoms with van der Waals surface area (Å²) in [7, 11) is -7.36. The first-order valence-corrected chi connectivity index (χ1v) is 13.6. The molecule has 174 valence electrons. The van der Waals surface area contributed by atoms with Crippen LogP contribution in [0.1, 0.15) is 34.5 Å². The van der Waals surface area contributed by atoms with Gasteiger partial charge in [0.15, 0.2) is 9.84 Å². The molecule has 0 bridgehead atoms. The van der Waals surface area contributed by atoms with Crippen LogP contribution in [-0.4, -0.2) is 29.0 Å². The molecular weight excluding hydrogens is 484 g/mol. The molecule has 0 saturated heterocycles. The quantitative estimate of drug-likeness (QED) is 0.495. The zero-order valence-electron chi connectivity index (χ0n) is 18.2. The third-order valence-electron chi connectivity index (χ3n) is 4.91. The first-order chi connectivity index (χ1) is 15.4. The Bertz CT molecular complexity index is 1400. The SMILES string of the molecule is Cc1cccc(NS(=O)(=O)c2cc(C(=O)N[C@H](C)c3ccc(S(C)(=O)=O)cc3)ccc2Cl)c1. The van der Waals surface area contributed by atoms with Crippen LogP contribution in [0.5, 0.6) is 0 Å². The molecule has 33 heavy (non-hydrogen) atoms. The van der Waals surface area contributed by atoms with Crippen LogP contribution in [0.3, 0.4) is 0 Å². The molecule has 0 aliphatic carbocycles. The fourth-order valence-electron chi connectivity index (χ4n) is 3.14. The smallest absolute Gasteiger partial charge is 0.263 e. The minimum Gasteiger partial charge on any atom is -0.346 e. The molecule has 0 fully saturated rings. The van der Waals surface area contributed by atoms with E-state index in [0.717, 1.165) is 11.8 Å². The van der Waals surface area contributed by atoms with Crippen molar-refractivity contribution in [1.29, 1.82) is 0 Å². The van der Waals surface area contributed by atoms with E-state index in [1.54, 1.807) is 37.3 Å². The lowest BCUT2D eigenvalue weighted by Crippen LogP contribution is -2.27. The van der Waals surface area contributed by atoms with E-state index >= 15 is 0 Å². The normalized spacial score (nSPS) is 12.7. The highest BCUT2D eigenvalue weighted by atomic mass is 35.5. The van der Waals surface area contributed by atoms with Crippen molar-refractivity contribution in [3.63, 3.8) is 0 Å². The molecule has 3 aromatic carbocycles. The minimum atomic E-state index is -4.04. The number of benzene rings is 3. The predicted molar refractivity (Wildman–Crippen MR) is 129 cm³/mol. The number of halogens is 1. The highest BCUT2D eigenvalue weighted by Gasteiger charge is 2.21. The lowest BCUT2D eigenvalue weighted by molar-refractivity contribution is 0.0939. The summed E-state index contributed by atoms with van der Waals surface area (Å²) in [6.07, 6.45) is 1.12. The Kier molecular flexibility index (Phi) is 7.16. The molecule has 2 N–H and O–H groups in total. The number of sulfone groups is 1. The van der Waals surface area contributed by atoms with Crippen LogP contribution in [0.4, 0.5) is 5.69 Å². The van der Waals surface area contributed by atoms with Crippen molar-refractivity contribution >= 4 is 43.1 Å². The van der Waals surface area contributed by atoms with Crippen LogP contribution in [-0.2, 0) is 19.9 Å². The number of amides is 1. The third-order valence-corrected chi connectivity index (χ3v) is 7.90. The summed E-state index contributed by atoms with van der Waals surface area (Å²) in [6, 6.07) is 16.6. The summed E-state index contributed by atoms with van der Waals surface area (Å²) in [5.41, 5.74) is 2.07. The number of carbonyl (C=O) groups excluding carboxylic acids is 1. The van der Waals surface area contributed by atoms with Gasteiger partial charge < -0.3 is 5.32 Å². The van der Waals surface area contributed by atoms with Gasteiger partial charge in [-0.25, -0.2) is 16.8 Å². The van der Waals surface area contributed by atoms with Crippen molar-refractivity contribution in [3.05, 3.63) is 88.4 Å². The van der Waals surface area contributed by atoms with Gasteiger partial charge in [0.1, 0.15) is 4.90 Å². The van der Waals surface area contributed by atoms with Gasteiger partial charge in [0.25, 0.3) is 15.9 Å². The zero-order valence-corrected chi connectivity index (χ0v) is 20.6. The van der Waals surface area contributed by atoms with E-state index in [2.05, 4.69) is 10.0 Å². The maximum absolute atomic E-state index is 12.9. The average Bonchev–Trinajstić information content (AvgIpc) is 2.73. The van der Waals surface area contributed by atoms with Crippen molar-refractivity contribution in [3.8, 4) is 0 Å². The highest BCUT2D eigenvalue weighted by molar-refractivity contribution is 7.92. The molecule has 0 spiro atoms. The van der Waals surface area contributed by atoms with Gasteiger partial charge in [-0.3, -0.25) is 9.52 Å². The summed E-state index contributed by atoms with van der Waals surface area (Å²) in [5.74, 6) is -0.502. The summed E-state index contributed by atoms with van der Waals surface area (Å²) in [4.78, 5) is 12.7. The maximum atomic E-state index is 12.9. The number of rotatable bonds is 7. The third kappa shape index (κ3) is 6.13. The molecule has 1 amide bonds. The molecule has 0 heterocycles. The molecular formula is C23H23ClN2O5S2. The van der Waals surface area contributed by atoms with E-state index < -0.39 is 31.8 Å². The first-order valence-electron chi connectivity index (χ1n) is 9.87. The minimum absolute atomic E-state index is 0.0175. The van der Waals surface area contributed by atoms with Gasteiger partial charge in [-0.1, -0.05) is 35.9 Å². The molecule has 0 aliphatic rings. The Balaban J connectivity index is 1.81. The summed E-state index contributed by atoms with van der Waals surface area (Å²) in [5, 5.41) is 2.76. The summed E-state index contributed by atoms with van der Waals surface area (Å²) in [6.45, 7) is 3.58.